The predicted octanol–water partition coefficient (Wildman–Crippen LogP) is 14.1. The van der Waals surface area contributed by atoms with Gasteiger partial charge in [0.05, 0.1) is 5.69 Å². The molecule has 8 aromatic carbocycles. The van der Waals surface area contributed by atoms with Gasteiger partial charge in [-0.25, -0.2) is 0 Å². The predicted molar refractivity (Wildman–Crippen MR) is 219 cm³/mol. The van der Waals surface area contributed by atoms with Crippen LogP contribution in [0.2, 0.25) is 0 Å². The second-order valence-electron chi connectivity index (χ2n) is 13.3. The minimum absolute atomic E-state index is 0.920. The maximum Gasteiger partial charge on any atom is 0.0555 e. The van der Waals surface area contributed by atoms with Gasteiger partial charge >= 0.3 is 0 Å². The molecule has 1 heterocycles. The van der Waals surface area contributed by atoms with E-state index in [1.54, 1.807) is 0 Å². The fraction of sp³-hybridized carbons (Fsp3) is 0.0204. The first-order chi connectivity index (χ1) is 25.3. The summed E-state index contributed by atoms with van der Waals surface area (Å²) in [4.78, 5) is 2.48. The van der Waals surface area contributed by atoms with Crippen LogP contribution in [0.5, 0.6) is 0 Å². The first-order valence-corrected chi connectivity index (χ1v) is 18.4. The molecule has 0 spiro atoms. The fourth-order valence-electron chi connectivity index (χ4n) is 7.85. The van der Waals surface area contributed by atoms with Crippen molar-refractivity contribution in [1.82, 2.24) is 0 Å². The molecule has 0 bridgehead atoms. The lowest BCUT2D eigenvalue weighted by Gasteiger charge is -2.28. The Bertz CT molecular complexity index is 2690. The molecule has 1 aromatic heterocycles. The van der Waals surface area contributed by atoms with Crippen molar-refractivity contribution in [1.29, 1.82) is 0 Å². The molecule has 0 unspecified atom stereocenters. The molecule has 0 amide bonds. The lowest BCUT2D eigenvalue weighted by Crippen LogP contribution is -2.11. The van der Waals surface area contributed by atoms with Gasteiger partial charge in [0, 0.05) is 31.5 Å². The van der Waals surface area contributed by atoms with E-state index in [1.807, 2.05) is 11.3 Å². The Morgan fingerprint density at radius 2 is 0.922 bits per heavy atom. The van der Waals surface area contributed by atoms with Crippen LogP contribution in [-0.2, 0) is 6.42 Å². The van der Waals surface area contributed by atoms with Crippen LogP contribution in [0.4, 0.5) is 17.1 Å². The van der Waals surface area contributed by atoms with Gasteiger partial charge in [-0.3, -0.25) is 0 Å². The molecule has 1 aliphatic rings. The standard InChI is InChI=1S/C49H33NS/c1-4-12-33(13-5-1)35-20-23-40(24-21-35)50(41-25-27-43-39(32-41)31-38-30-37(22-26-42(38)43)34-14-6-2-7-15-34)46-29-28-44(36-16-8-3-9-17-36)49-48(46)45-18-10-11-19-47(45)51-49/h1-30,32H,31H2. The number of thiophene rings is 1. The fourth-order valence-corrected chi connectivity index (χ4v) is 9.11. The Labute approximate surface area is 302 Å². The molecule has 2 heteroatoms. The summed E-state index contributed by atoms with van der Waals surface area (Å²) in [6.07, 6.45) is 0.920. The number of hydrogen-bond acceptors (Lipinski definition) is 2. The second-order valence-corrected chi connectivity index (χ2v) is 14.4. The van der Waals surface area contributed by atoms with E-state index in [0.717, 1.165) is 12.1 Å². The molecule has 0 N–H and O–H groups in total. The summed E-state index contributed by atoms with van der Waals surface area (Å²) >= 11 is 1.89. The molecule has 0 radical (unpaired) electrons. The van der Waals surface area contributed by atoms with E-state index in [9.17, 15) is 0 Å². The largest absolute Gasteiger partial charge is 0.310 e. The summed E-state index contributed by atoms with van der Waals surface area (Å²) in [5.74, 6) is 0. The van der Waals surface area contributed by atoms with Crippen LogP contribution in [0.25, 0.3) is 64.7 Å². The van der Waals surface area contributed by atoms with Crippen molar-refractivity contribution in [3.63, 3.8) is 0 Å². The molecular formula is C49H33NS. The van der Waals surface area contributed by atoms with Crippen molar-refractivity contribution in [2.24, 2.45) is 0 Å². The molecule has 9 aromatic rings. The van der Waals surface area contributed by atoms with Crippen molar-refractivity contribution in [3.05, 3.63) is 199 Å². The summed E-state index contributed by atoms with van der Waals surface area (Å²) in [7, 11) is 0. The first kappa shape index (κ1) is 29.7. The molecule has 240 valence electrons. The summed E-state index contributed by atoms with van der Waals surface area (Å²) < 4.78 is 2.61. The Kier molecular flexibility index (Phi) is 7.14. The van der Waals surface area contributed by atoms with Gasteiger partial charge in [0.15, 0.2) is 0 Å². The highest BCUT2D eigenvalue weighted by Gasteiger charge is 2.24. The van der Waals surface area contributed by atoms with Crippen molar-refractivity contribution in [2.75, 3.05) is 4.90 Å². The molecule has 0 saturated heterocycles. The number of rotatable bonds is 6. The maximum absolute atomic E-state index is 2.48. The number of fused-ring (bicyclic) bond motifs is 6. The number of nitrogens with zero attached hydrogens (tertiary/aromatic N) is 1. The van der Waals surface area contributed by atoms with Crippen molar-refractivity contribution < 1.29 is 0 Å². The van der Waals surface area contributed by atoms with E-state index >= 15 is 0 Å². The zero-order valence-corrected chi connectivity index (χ0v) is 28.8. The lowest BCUT2D eigenvalue weighted by molar-refractivity contribution is 1.24. The highest BCUT2D eigenvalue weighted by molar-refractivity contribution is 7.26. The molecule has 51 heavy (non-hydrogen) atoms. The third-order valence-electron chi connectivity index (χ3n) is 10.3. The van der Waals surface area contributed by atoms with Crippen LogP contribution in [0.1, 0.15) is 11.1 Å². The van der Waals surface area contributed by atoms with Crippen LogP contribution in [0.3, 0.4) is 0 Å². The molecule has 10 rings (SSSR count). The minimum atomic E-state index is 0.920. The highest BCUT2D eigenvalue weighted by Crippen LogP contribution is 2.49. The third-order valence-corrected chi connectivity index (χ3v) is 11.5. The molecule has 1 aliphatic carbocycles. The SMILES string of the molecule is c1ccc(-c2ccc(N(c3ccc4c(c3)Cc3cc(-c5ccccc5)ccc3-4)c3ccc(-c4ccccc4)c4sc5ccccc5c34)cc2)cc1. The van der Waals surface area contributed by atoms with E-state index in [1.165, 1.54) is 87.2 Å². The molecular weight excluding hydrogens is 635 g/mol. The van der Waals surface area contributed by atoms with Gasteiger partial charge < -0.3 is 4.90 Å². The topological polar surface area (TPSA) is 3.24 Å². The van der Waals surface area contributed by atoms with Gasteiger partial charge in [0.2, 0.25) is 0 Å². The Hall–Kier alpha value is -6.22. The van der Waals surface area contributed by atoms with Gasteiger partial charge in [0.1, 0.15) is 0 Å². The monoisotopic (exact) mass is 667 g/mol. The average Bonchev–Trinajstić information content (AvgIpc) is 3.78. The average molecular weight is 668 g/mol. The van der Waals surface area contributed by atoms with Crippen molar-refractivity contribution in [2.45, 2.75) is 6.42 Å². The van der Waals surface area contributed by atoms with Crippen LogP contribution >= 0.6 is 11.3 Å². The number of hydrogen-bond donors (Lipinski definition) is 0. The molecule has 0 saturated carbocycles. The van der Waals surface area contributed by atoms with Gasteiger partial charge in [-0.15, -0.1) is 11.3 Å². The Balaban J connectivity index is 1.15. The minimum Gasteiger partial charge on any atom is -0.310 e. The van der Waals surface area contributed by atoms with E-state index in [-0.39, 0.29) is 0 Å². The number of benzene rings is 8. The van der Waals surface area contributed by atoms with Gasteiger partial charge in [-0.1, -0.05) is 152 Å². The molecule has 0 fully saturated rings. The smallest absolute Gasteiger partial charge is 0.0555 e. The summed E-state index contributed by atoms with van der Waals surface area (Å²) in [6.45, 7) is 0. The number of anilines is 3. The normalized spacial score (nSPS) is 11.8. The summed E-state index contributed by atoms with van der Waals surface area (Å²) in [6, 6.07) is 68.8. The lowest BCUT2D eigenvalue weighted by atomic mass is 9.99. The van der Waals surface area contributed by atoms with Crippen molar-refractivity contribution in [3.8, 4) is 44.5 Å². The quantitative estimate of drug-likeness (QED) is 0.171. The maximum atomic E-state index is 2.48. The van der Waals surface area contributed by atoms with Crippen LogP contribution in [0.15, 0.2) is 188 Å². The van der Waals surface area contributed by atoms with Crippen LogP contribution < -0.4 is 4.90 Å². The van der Waals surface area contributed by atoms with E-state index in [4.69, 9.17) is 0 Å². The van der Waals surface area contributed by atoms with E-state index in [0.29, 0.717) is 0 Å². The van der Waals surface area contributed by atoms with Crippen LogP contribution in [0, 0.1) is 0 Å². The molecule has 0 atom stereocenters. The first-order valence-electron chi connectivity index (χ1n) is 17.6. The van der Waals surface area contributed by atoms with Crippen LogP contribution in [-0.4, -0.2) is 0 Å². The van der Waals surface area contributed by atoms with Crippen molar-refractivity contribution >= 4 is 48.6 Å². The Morgan fingerprint density at radius 3 is 1.65 bits per heavy atom. The van der Waals surface area contributed by atoms with Gasteiger partial charge in [0.25, 0.3) is 0 Å². The zero-order valence-electron chi connectivity index (χ0n) is 28.0. The van der Waals surface area contributed by atoms with Gasteiger partial charge in [-0.2, -0.15) is 0 Å². The Morgan fingerprint density at radius 1 is 0.392 bits per heavy atom. The van der Waals surface area contributed by atoms with E-state index < -0.39 is 0 Å². The molecule has 1 nitrogen and oxygen atoms in total. The summed E-state index contributed by atoms with van der Waals surface area (Å²) in [5.41, 5.74) is 16.4. The molecule has 0 aliphatic heterocycles. The third kappa shape index (κ3) is 5.15. The van der Waals surface area contributed by atoms with Gasteiger partial charge in [-0.05, 0) is 98.5 Å². The second kappa shape index (κ2) is 12.3. The summed E-state index contributed by atoms with van der Waals surface area (Å²) in [5, 5.41) is 2.58. The zero-order chi connectivity index (χ0) is 33.7. The van der Waals surface area contributed by atoms with E-state index in [2.05, 4.69) is 193 Å². The highest BCUT2D eigenvalue weighted by atomic mass is 32.1.